The maximum absolute atomic E-state index is 13.8. The monoisotopic (exact) mass is 344 g/mol. The van der Waals surface area contributed by atoms with E-state index in [0.717, 1.165) is 16.2 Å². The molecule has 100 valence electrons. The van der Waals surface area contributed by atoms with Crippen LogP contribution in [0.3, 0.4) is 0 Å². The predicted octanol–water partition coefficient (Wildman–Crippen LogP) is 3.26. The van der Waals surface area contributed by atoms with Crippen molar-refractivity contribution in [2.45, 2.75) is 12.1 Å². The Morgan fingerprint density at radius 2 is 2.32 bits per heavy atom. The largest absolute Gasteiger partial charge is 0.481 e. The zero-order chi connectivity index (χ0) is 14.0. The van der Waals surface area contributed by atoms with Gasteiger partial charge in [0.1, 0.15) is 5.82 Å². The van der Waals surface area contributed by atoms with Crippen LogP contribution in [0.25, 0.3) is 5.69 Å². The number of hydrogen-bond donors (Lipinski definition) is 1. The predicted molar refractivity (Wildman–Crippen MR) is 74.3 cm³/mol. The minimum absolute atomic E-state index is 0.119. The molecule has 7 heteroatoms. The van der Waals surface area contributed by atoms with Crippen LogP contribution in [0.1, 0.15) is 5.69 Å². The van der Waals surface area contributed by atoms with Gasteiger partial charge in [-0.05, 0) is 25.1 Å². The molecule has 0 aliphatic rings. The van der Waals surface area contributed by atoms with Gasteiger partial charge in [0.2, 0.25) is 0 Å². The molecule has 2 rings (SSSR count). The average molecular weight is 345 g/mol. The molecule has 0 atom stereocenters. The number of imidazole rings is 1. The molecule has 0 saturated heterocycles. The number of carboxylic acid groups (broad SMARTS) is 1. The highest BCUT2D eigenvalue weighted by Crippen LogP contribution is 2.25. The van der Waals surface area contributed by atoms with Crippen molar-refractivity contribution in [1.82, 2.24) is 9.55 Å². The second-order valence-electron chi connectivity index (χ2n) is 3.81. The van der Waals surface area contributed by atoms with Gasteiger partial charge < -0.3 is 5.11 Å². The fourth-order valence-corrected chi connectivity index (χ4v) is 2.65. The van der Waals surface area contributed by atoms with Crippen molar-refractivity contribution in [2.24, 2.45) is 0 Å². The zero-order valence-corrected chi connectivity index (χ0v) is 12.3. The highest BCUT2D eigenvalue weighted by atomic mass is 79.9. The SMILES string of the molecule is Cc1cn(-c2cc(Br)ccc2F)c(SCC(=O)O)n1. The third kappa shape index (κ3) is 3.36. The first-order valence-electron chi connectivity index (χ1n) is 5.33. The Morgan fingerprint density at radius 3 is 3.00 bits per heavy atom. The van der Waals surface area contributed by atoms with Crippen molar-refractivity contribution >= 4 is 33.7 Å². The van der Waals surface area contributed by atoms with Gasteiger partial charge in [0.15, 0.2) is 5.16 Å². The summed E-state index contributed by atoms with van der Waals surface area (Å²) in [6.45, 7) is 1.78. The average Bonchev–Trinajstić information content (AvgIpc) is 2.71. The molecule has 4 nitrogen and oxygen atoms in total. The maximum atomic E-state index is 13.8. The number of hydrogen-bond acceptors (Lipinski definition) is 3. The van der Waals surface area contributed by atoms with Crippen LogP contribution in [-0.2, 0) is 4.79 Å². The lowest BCUT2D eigenvalue weighted by Crippen LogP contribution is -2.02. The number of aromatic nitrogens is 2. The van der Waals surface area contributed by atoms with Gasteiger partial charge in [-0.25, -0.2) is 9.37 Å². The van der Waals surface area contributed by atoms with Crippen LogP contribution in [-0.4, -0.2) is 26.4 Å². The summed E-state index contributed by atoms with van der Waals surface area (Å²) in [4.78, 5) is 14.8. The van der Waals surface area contributed by atoms with Crippen molar-refractivity contribution in [3.63, 3.8) is 0 Å². The Bertz CT molecular complexity index is 630. The minimum Gasteiger partial charge on any atom is -0.481 e. The van der Waals surface area contributed by atoms with Crippen molar-refractivity contribution < 1.29 is 14.3 Å². The van der Waals surface area contributed by atoms with Crippen LogP contribution < -0.4 is 0 Å². The number of carboxylic acids is 1. The highest BCUT2D eigenvalue weighted by Gasteiger charge is 2.13. The van der Waals surface area contributed by atoms with Crippen LogP contribution in [0.4, 0.5) is 4.39 Å². The zero-order valence-electron chi connectivity index (χ0n) is 9.93. The number of rotatable bonds is 4. The van der Waals surface area contributed by atoms with Gasteiger partial charge in [0.25, 0.3) is 0 Å². The van der Waals surface area contributed by atoms with Crippen LogP contribution in [0.2, 0.25) is 0 Å². The van der Waals surface area contributed by atoms with Crippen LogP contribution in [0.15, 0.2) is 34.0 Å². The van der Waals surface area contributed by atoms with Crippen molar-refractivity contribution in [1.29, 1.82) is 0 Å². The van der Waals surface area contributed by atoms with E-state index in [4.69, 9.17) is 5.11 Å². The Hall–Kier alpha value is -1.34. The van der Waals surface area contributed by atoms with E-state index in [1.807, 2.05) is 0 Å². The van der Waals surface area contributed by atoms with E-state index >= 15 is 0 Å². The molecular weight excluding hydrogens is 335 g/mol. The van der Waals surface area contributed by atoms with E-state index in [9.17, 15) is 9.18 Å². The Kier molecular flexibility index (Phi) is 4.26. The molecule has 0 bridgehead atoms. The molecule has 0 radical (unpaired) electrons. The van der Waals surface area contributed by atoms with E-state index in [0.29, 0.717) is 16.5 Å². The first-order valence-corrected chi connectivity index (χ1v) is 7.11. The summed E-state index contributed by atoms with van der Waals surface area (Å²) in [5.74, 6) is -1.45. The maximum Gasteiger partial charge on any atom is 0.313 e. The molecule has 0 saturated carbocycles. The molecule has 1 N–H and O–H groups in total. The summed E-state index contributed by atoms with van der Waals surface area (Å²) in [5, 5.41) is 9.16. The summed E-state index contributed by atoms with van der Waals surface area (Å²) >= 11 is 4.34. The summed E-state index contributed by atoms with van der Waals surface area (Å²) in [6.07, 6.45) is 1.68. The van der Waals surface area contributed by atoms with Crippen LogP contribution in [0, 0.1) is 12.7 Å². The molecular formula is C12H10BrFN2O2S. The van der Waals surface area contributed by atoms with Crippen LogP contribution >= 0.6 is 27.7 Å². The van der Waals surface area contributed by atoms with Gasteiger partial charge in [-0.3, -0.25) is 9.36 Å². The second kappa shape index (κ2) is 5.75. The Balaban J connectivity index is 2.43. The molecule has 0 unspecified atom stereocenters. The standard InChI is InChI=1S/C12H10BrFN2O2S/c1-7-5-16(12(15-7)19-6-11(17)18)10-4-8(13)2-3-9(10)14/h2-5H,6H2,1H3,(H,17,18). The Morgan fingerprint density at radius 1 is 1.58 bits per heavy atom. The molecule has 0 aliphatic heterocycles. The van der Waals surface area contributed by atoms with Gasteiger partial charge in [-0.2, -0.15) is 0 Å². The molecule has 0 amide bonds. The molecule has 19 heavy (non-hydrogen) atoms. The topological polar surface area (TPSA) is 55.1 Å². The second-order valence-corrected chi connectivity index (χ2v) is 5.67. The molecule has 0 fully saturated rings. The number of aryl methyl sites for hydroxylation is 1. The summed E-state index contributed by atoms with van der Waals surface area (Å²) in [5.41, 5.74) is 1.04. The van der Waals surface area contributed by atoms with Crippen molar-refractivity contribution in [3.05, 3.63) is 40.4 Å². The fraction of sp³-hybridized carbons (Fsp3) is 0.167. The number of carbonyl (C=O) groups is 1. The number of aliphatic carboxylic acids is 1. The minimum atomic E-state index is -0.938. The van der Waals surface area contributed by atoms with E-state index in [1.54, 1.807) is 29.8 Å². The normalized spacial score (nSPS) is 10.7. The lowest BCUT2D eigenvalue weighted by atomic mass is 10.3. The molecule has 1 heterocycles. The van der Waals surface area contributed by atoms with Crippen molar-refractivity contribution in [3.8, 4) is 5.69 Å². The lowest BCUT2D eigenvalue weighted by Gasteiger charge is -2.08. The number of halogens is 2. The third-order valence-electron chi connectivity index (χ3n) is 2.29. The van der Waals surface area contributed by atoms with E-state index in [1.165, 1.54) is 6.07 Å². The summed E-state index contributed by atoms with van der Waals surface area (Å²) < 4.78 is 16.1. The van der Waals surface area contributed by atoms with Gasteiger partial charge in [0.05, 0.1) is 17.1 Å². The van der Waals surface area contributed by atoms with E-state index in [2.05, 4.69) is 20.9 Å². The lowest BCUT2D eigenvalue weighted by molar-refractivity contribution is -0.133. The quantitative estimate of drug-likeness (QED) is 0.865. The van der Waals surface area contributed by atoms with Gasteiger partial charge >= 0.3 is 5.97 Å². The number of nitrogens with zero attached hydrogens (tertiary/aromatic N) is 2. The molecule has 0 aliphatic carbocycles. The van der Waals surface area contributed by atoms with Crippen molar-refractivity contribution in [2.75, 3.05) is 5.75 Å². The summed E-state index contributed by atoms with van der Waals surface area (Å²) in [7, 11) is 0. The number of thioether (sulfide) groups is 1. The summed E-state index contributed by atoms with van der Waals surface area (Å²) in [6, 6.07) is 4.58. The smallest absolute Gasteiger partial charge is 0.313 e. The van der Waals surface area contributed by atoms with E-state index < -0.39 is 11.8 Å². The van der Waals surface area contributed by atoms with Crippen LogP contribution in [0.5, 0.6) is 0 Å². The van der Waals surface area contributed by atoms with Gasteiger partial charge in [0, 0.05) is 10.7 Å². The molecule has 2 aromatic rings. The molecule has 0 spiro atoms. The molecule has 1 aromatic heterocycles. The highest BCUT2D eigenvalue weighted by molar-refractivity contribution is 9.10. The van der Waals surface area contributed by atoms with Gasteiger partial charge in [-0.1, -0.05) is 27.7 Å². The Labute approximate surface area is 121 Å². The van der Waals surface area contributed by atoms with Gasteiger partial charge in [-0.15, -0.1) is 0 Å². The first kappa shape index (κ1) is 14.1. The first-order chi connectivity index (χ1) is 8.97. The fourth-order valence-electron chi connectivity index (χ4n) is 1.55. The molecule has 1 aromatic carbocycles. The third-order valence-corrected chi connectivity index (χ3v) is 3.72. The van der Waals surface area contributed by atoms with E-state index in [-0.39, 0.29) is 5.75 Å². The number of benzene rings is 1.